The van der Waals surface area contributed by atoms with Gasteiger partial charge in [-0.05, 0) is 5.56 Å². The van der Waals surface area contributed by atoms with Crippen molar-refractivity contribution in [1.29, 1.82) is 0 Å². The lowest BCUT2D eigenvalue weighted by Gasteiger charge is -2.36. The molecular formula is C16H18N2O4. The average molecular weight is 302 g/mol. The number of esters is 1. The predicted octanol–water partition coefficient (Wildman–Crippen LogP) is 0.561. The van der Waals surface area contributed by atoms with Gasteiger partial charge in [0.2, 0.25) is 11.8 Å². The molecule has 116 valence electrons. The van der Waals surface area contributed by atoms with Gasteiger partial charge in [0.25, 0.3) is 0 Å². The van der Waals surface area contributed by atoms with Gasteiger partial charge in [-0.1, -0.05) is 30.3 Å². The molecule has 2 heterocycles. The van der Waals surface area contributed by atoms with Crippen LogP contribution in [0.1, 0.15) is 18.9 Å². The summed E-state index contributed by atoms with van der Waals surface area (Å²) >= 11 is 0. The van der Waals surface area contributed by atoms with Crippen LogP contribution >= 0.6 is 0 Å². The molecule has 3 rings (SSSR count). The summed E-state index contributed by atoms with van der Waals surface area (Å²) in [5, 5.41) is 0. The maximum absolute atomic E-state index is 12.6. The molecule has 0 radical (unpaired) electrons. The molecule has 2 atom stereocenters. The molecular weight excluding hydrogens is 284 g/mol. The van der Waals surface area contributed by atoms with Gasteiger partial charge in [0.1, 0.15) is 18.7 Å². The number of fused-ring (bicyclic) bond motifs is 1. The first-order valence-electron chi connectivity index (χ1n) is 7.34. The van der Waals surface area contributed by atoms with Crippen LogP contribution in [-0.2, 0) is 25.7 Å². The zero-order chi connectivity index (χ0) is 15.7. The summed E-state index contributed by atoms with van der Waals surface area (Å²) in [6.45, 7) is 2.15. The van der Waals surface area contributed by atoms with Gasteiger partial charge in [-0.2, -0.15) is 0 Å². The third-order valence-corrected chi connectivity index (χ3v) is 4.05. The number of carbonyl (C=O) groups is 3. The molecule has 0 bridgehead atoms. The van der Waals surface area contributed by atoms with E-state index in [1.54, 1.807) is 4.90 Å². The Labute approximate surface area is 128 Å². The lowest BCUT2D eigenvalue weighted by molar-refractivity contribution is -0.154. The Morgan fingerprint density at radius 3 is 2.68 bits per heavy atom. The van der Waals surface area contributed by atoms with E-state index in [1.807, 2.05) is 30.3 Å². The van der Waals surface area contributed by atoms with E-state index >= 15 is 0 Å². The van der Waals surface area contributed by atoms with Crippen molar-refractivity contribution >= 4 is 17.8 Å². The molecule has 2 fully saturated rings. The molecule has 6 heteroatoms. The second-order valence-electron chi connectivity index (χ2n) is 5.71. The van der Waals surface area contributed by atoms with E-state index in [0.29, 0.717) is 19.5 Å². The first-order chi connectivity index (χ1) is 10.5. The molecule has 0 N–H and O–H groups in total. The predicted molar refractivity (Wildman–Crippen MR) is 77.5 cm³/mol. The van der Waals surface area contributed by atoms with Crippen molar-refractivity contribution < 1.29 is 19.1 Å². The molecule has 2 unspecified atom stereocenters. The number of piperazine rings is 1. The zero-order valence-corrected chi connectivity index (χ0v) is 12.4. The van der Waals surface area contributed by atoms with Gasteiger partial charge in [0.15, 0.2) is 0 Å². The van der Waals surface area contributed by atoms with Crippen LogP contribution in [0.5, 0.6) is 0 Å². The number of hydrogen-bond donors (Lipinski definition) is 0. The van der Waals surface area contributed by atoms with E-state index in [2.05, 4.69) is 0 Å². The summed E-state index contributed by atoms with van der Waals surface area (Å²) in [5.41, 5.74) is 0.992. The molecule has 0 aromatic heterocycles. The second kappa shape index (κ2) is 5.79. The van der Waals surface area contributed by atoms with Crippen LogP contribution in [0.2, 0.25) is 0 Å². The monoisotopic (exact) mass is 302 g/mol. The van der Waals surface area contributed by atoms with Gasteiger partial charge < -0.3 is 14.5 Å². The van der Waals surface area contributed by atoms with Crippen molar-refractivity contribution in [2.75, 3.05) is 13.1 Å². The maximum atomic E-state index is 12.6. The van der Waals surface area contributed by atoms with Gasteiger partial charge in [-0.3, -0.25) is 14.4 Å². The Hall–Kier alpha value is -2.37. The number of benzene rings is 1. The lowest BCUT2D eigenvalue weighted by Crippen LogP contribution is -2.56. The quantitative estimate of drug-likeness (QED) is 0.765. The second-order valence-corrected chi connectivity index (χ2v) is 5.71. The molecule has 2 aliphatic heterocycles. The van der Waals surface area contributed by atoms with Gasteiger partial charge in [0, 0.05) is 19.9 Å². The Balaban J connectivity index is 1.72. The topological polar surface area (TPSA) is 66.9 Å². The van der Waals surface area contributed by atoms with Crippen LogP contribution in [0, 0.1) is 0 Å². The highest BCUT2D eigenvalue weighted by molar-refractivity contribution is 5.95. The number of ether oxygens (including phenoxy) is 1. The molecule has 0 aliphatic carbocycles. The van der Waals surface area contributed by atoms with E-state index < -0.39 is 6.04 Å². The summed E-state index contributed by atoms with van der Waals surface area (Å²) in [5.74, 6) is -0.542. The highest BCUT2D eigenvalue weighted by atomic mass is 16.5. The van der Waals surface area contributed by atoms with Crippen molar-refractivity contribution in [3.8, 4) is 0 Å². The normalized spacial score (nSPS) is 24.4. The molecule has 0 saturated carbocycles. The molecule has 1 aromatic rings. The van der Waals surface area contributed by atoms with Crippen LogP contribution in [-0.4, -0.2) is 52.8 Å². The number of hydrogen-bond acceptors (Lipinski definition) is 4. The summed E-state index contributed by atoms with van der Waals surface area (Å²) < 4.78 is 5.15. The van der Waals surface area contributed by atoms with Crippen LogP contribution in [0.25, 0.3) is 0 Å². The van der Waals surface area contributed by atoms with E-state index in [0.717, 1.165) is 5.56 Å². The molecule has 22 heavy (non-hydrogen) atoms. The number of amides is 2. The minimum absolute atomic E-state index is 0.0712. The summed E-state index contributed by atoms with van der Waals surface area (Å²) in [6, 6.07) is 9.08. The highest BCUT2D eigenvalue weighted by Gasteiger charge is 2.46. The van der Waals surface area contributed by atoms with E-state index in [1.165, 1.54) is 11.8 Å². The van der Waals surface area contributed by atoms with Crippen molar-refractivity contribution in [2.45, 2.75) is 32.0 Å². The Morgan fingerprint density at radius 1 is 1.27 bits per heavy atom. The fraction of sp³-hybridized carbons (Fsp3) is 0.438. The number of carbonyl (C=O) groups excluding carboxylic acids is 3. The van der Waals surface area contributed by atoms with Crippen LogP contribution in [0.15, 0.2) is 30.3 Å². The minimum Gasteiger partial charge on any atom is -0.461 e. The molecule has 1 aromatic carbocycles. The Kier molecular flexibility index (Phi) is 3.83. The van der Waals surface area contributed by atoms with E-state index in [4.69, 9.17) is 4.74 Å². The summed E-state index contributed by atoms with van der Waals surface area (Å²) in [6.07, 6.45) is 0.00203. The third-order valence-electron chi connectivity index (χ3n) is 4.05. The molecule has 2 aliphatic rings. The SMILES string of the molecule is CC(=O)OC1CC2C(=O)N(Cc3ccccc3)CC(=O)N2C1. The fourth-order valence-corrected chi connectivity index (χ4v) is 3.11. The van der Waals surface area contributed by atoms with Gasteiger partial charge in [-0.25, -0.2) is 0 Å². The van der Waals surface area contributed by atoms with E-state index in [9.17, 15) is 14.4 Å². The standard InChI is InChI=1S/C16H18N2O4/c1-11(19)22-13-7-14-16(21)17(10-15(20)18(14)9-13)8-12-5-3-2-4-6-12/h2-6,13-14H,7-10H2,1H3. The number of nitrogens with zero attached hydrogens (tertiary/aromatic N) is 2. The first kappa shape index (κ1) is 14.6. The molecule has 2 saturated heterocycles. The van der Waals surface area contributed by atoms with Crippen LogP contribution < -0.4 is 0 Å². The molecule has 6 nitrogen and oxygen atoms in total. The average Bonchev–Trinajstić information content (AvgIpc) is 2.89. The Morgan fingerprint density at radius 2 is 2.00 bits per heavy atom. The highest BCUT2D eigenvalue weighted by Crippen LogP contribution is 2.26. The van der Waals surface area contributed by atoms with Crippen LogP contribution in [0.4, 0.5) is 0 Å². The minimum atomic E-state index is -0.505. The van der Waals surface area contributed by atoms with Crippen molar-refractivity contribution in [3.63, 3.8) is 0 Å². The van der Waals surface area contributed by atoms with Crippen molar-refractivity contribution in [1.82, 2.24) is 9.80 Å². The Bertz CT molecular complexity index is 601. The van der Waals surface area contributed by atoms with Crippen molar-refractivity contribution in [3.05, 3.63) is 35.9 Å². The summed E-state index contributed by atoms with van der Waals surface area (Å²) in [4.78, 5) is 39.0. The number of rotatable bonds is 3. The molecule has 2 amide bonds. The van der Waals surface area contributed by atoms with Crippen molar-refractivity contribution in [2.24, 2.45) is 0 Å². The van der Waals surface area contributed by atoms with E-state index in [-0.39, 0.29) is 30.4 Å². The summed E-state index contributed by atoms with van der Waals surface area (Å²) in [7, 11) is 0. The van der Waals surface area contributed by atoms with Gasteiger partial charge >= 0.3 is 5.97 Å². The van der Waals surface area contributed by atoms with Gasteiger partial charge in [0.05, 0.1) is 6.54 Å². The fourth-order valence-electron chi connectivity index (χ4n) is 3.11. The molecule has 0 spiro atoms. The first-order valence-corrected chi connectivity index (χ1v) is 7.34. The largest absolute Gasteiger partial charge is 0.461 e. The maximum Gasteiger partial charge on any atom is 0.302 e. The lowest BCUT2D eigenvalue weighted by atomic mass is 10.1. The van der Waals surface area contributed by atoms with Crippen LogP contribution in [0.3, 0.4) is 0 Å². The zero-order valence-electron chi connectivity index (χ0n) is 12.4. The van der Waals surface area contributed by atoms with Gasteiger partial charge in [-0.15, -0.1) is 0 Å². The third kappa shape index (κ3) is 2.81. The smallest absolute Gasteiger partial charge is 0.302 e.